The SMILES string of the molecule is CCOC(=O)c1onc(-c2ccc(OC)cc2)c1C(=O)OCC. The van der Waals surface area contributed by atoms with Crippen molar-refractivity contribution in [1.82, 2.24) is 5.16 Å². The average Bonchev–Trinajstić information content (AvgIpc) is 3.00. The monoisotopic (exact) mass is 319 g/mol. The summed E-state index contributed by atoms with van der Waals surface area (Å²) >= 11 is 0. The third-order valence-corrected chi connectivity index (χ3v) is 3.00. The molecular formula is C16H17NO6. The maximum Gasteiger partial charge on any atom is 0.378 e. The number of aromatic nitrogens is 1. The van der Waals surface area contributed by atoms with Crippen molar-refractivity contribution in [1.29, 1.82) is 0 Å². The summed E-state index contributed by atoms with van der Waals surface area (Å²) in [4.78, 5) is 24.1. The lowest BCUT2D eigenvalue weighted by Crippen LogP contribution is -2.12. The van der Waals surface area contributed by atoms with E-state index >= 15 is 0 Å². The third-order valence-electron chi connectivity index (χ3n) is 3.00. The molecule has 7 nitrogen and oxygen atoms in total. The van der Waals surface area contributed by atoms with Crippen LogP contribution < -0.4 is 4.74 Å². The largest absolute Gasteiger partial charge is 0.497 e. The molecule has 0 fully saturated rings. The second-order valence-electron chi connectivity index (χ2n) is 4.40. The lowest BCUT2D eigenvalue weighted by molar-refractivity contribution is 0.0445. The molecule has 2 aromatic rings. The second kappa shape index (κ2) is 7.44. The van der Waals surface area contributed by atoms with Crippen LogP contribution in [0.4, 0.5) is 0 Å². The van der Waals surface area contributed by atoms with E-state index in [-0.39, 0.29) is 30.2 Å². The molecule has 0 atom stereocenters. The van der Waals surface area contributed by atoms with Gasteiger partial charge in [-0.3, -0.25) is 0 Å². The molecule has 0 unspecified atom stereocenters. The molecule has 23 heavy (non-hydrogen) atoms. The molecule has 7 heteroatoms. The van der Waals surface area contributed by atoms with Crippen LogP contribution >= 0.6 is 0 Å². The molecular weight excluding hydrogens is 302 g/mol. The maximum absolute atomic E-state index is 12.2. The predicted molar refractivity (Wildman–Crippen MR) is 80.4 cm³/mol. The fourth-order valence-electron chi connectivity index (χ4n) is 1.96. The standard InChI is InChI=1S/C16H17NO6/c1-4-21-15(18)12-13(10-6-8-11(20-3)9-7-10)17-23-14(12)16(19)22-5-2/h6-9H,4-5H2,1-3H3. The number of benzene rings is 1. The highest BCUT2D eigenvalue weighted by atomic mass is 16.6. The molecule has 2 rings (SSSR count). The lowest BCUT2D eigenvalue weighted by atomic mass is 10.1. The summed E-state index contributed by atoms with van der Waals surface area (Å²) in [5.74, 6) is -1.07. The van der Waals surface area contributed by atoms with Gasteiger partial charge in [-0.1, -0.05) is 5.16 Å². The Morgan fingerprint density at radius 3 is 2.22 bits per heavy atom. The van der Waals surface area contributed by atoms with Gasteiger partial charge in [-0.25, -0.2) is 9.59 Å². The predicted octanol–water partition coefficient (Wildman–Crippen LogP) is 2.70. The topological polar surface area (TPSA) is 87.9 Å². The molecule has 0 aliphatic rings. The number of hydrogen-bond donors (Lipinski definition) is 0. The van der Waals surface area contributed by atoms with Gasteiger partial charge >= 0.3 is 11.9 Å². The fraction of sp³-hybridized carbons (Fsp3) is 0.312. The van der Waals surface area contributed by atoms with E-state index in [9.17, 15) is 9.59 Å². The summed E-state index contributed by atoms with van der Waals surface area (Å²) < 4.78 is 20.0. The third kappa shape index (κ3) is 3.50. The van der Waals surface area contributed by atoms with E-state index in [4.69, 9.17) is 18.7 Å². The van der Waals surface area contributed by atoms with Crippen LogP contribution in [0.2, 0.25) is 0 Å². The summed E-state index contributed by atoms with van der Waals surface area (Å²) in [6.07, 6.45) is 0. The highest BCUT2D eigenvalue weighted by Crippen LogP contribution is 2.28. The van der Waals surface area contributed by atoms with Gasteiger partial charge in [-0.05, 0) is 38.1 Å². The van der Waals surface area contributed by atoms with Crippen LogP contribution in [0.5, 0.6) is 5.75 Å². The number of carbonyl (C=O) groups is 2. The number of esters is 2. The van der Waals surface area contributed by atoms with Gasteiger partial charge in [0.25, 0.3) is 5.76 Å². The van der Waals surface area contributed by atoms with E-state index in [1.165, 1.54) is 0 Å². The summed E-state index contributed by atoms with van der Waals surface area (Å²) in [7, 11) is 1.55. The molecule has 0 aliphatic carbocycles. The van der Waals surface area contributed by atoms with Crippen LogP contribution in [0.3, 0.4) is 0 Å². The van der Waals surface area contributed by atoms with E-state index in [0.717, 1.165) is 0 Å². The molecule has 0 N–H and O–H groups in total. The van der Waals surface area contributed by atoms with Crippen molar-refractivity contribution in [3.8, 4) is 17.0 Å². The van der Waals surface area contributed by atoms with Crippen LogP contribution in [0.15, 0.2) is 28.8 Å². The molecule has 0 saturated heterocycles. The van der Waals surface area contributed by atoms with Crippen molar-refractivity contribution < 1.29 is 28.3 Å². The summed E-state index contributed by atoms with van der Waals surface area (Å²) in [5, 5.41) is 3.83. The van der Waals surface area contributed by atoms with Gasteiger partial charge in [0.2, 0.25) is 0 Å². The van der Waals surface area contributed by atoms with Gasteiger partial charge < -0.3 is 18.7 Å². The molecule has 1 aromatic carbocycles. The first kappa shape index (κ1) is 16.5. The normalized spacial score (nSPS) is 10.2. The van der Waals surface area contributed by atoms with Crippen LogP contribution in [0.25, 0.3) is 11.3 Å². The van der Waals surface area contributed by atoms with E-state index < -0.39 is 11.9 Å². The molecule has 0 aliphatic heterocycles. The molecule has 0 amide bonds. The Kier molecular flexibility index (Phi) is 5.35. The first-order valence-corrected chi connectivity index (χ1v) is 7.10. The Hall–Kier alpha value is -2.83. The van der Waals surface area contributed by atoms with Gasteiger partial charge in [0, 0.05) is 5.56 Å². The maximum atomic E-state index is 12.2. The lowest BCUT2D eigenvalue weighted by Gasteiger charge is -2.05. The second-order valence-corrected chi connectivity index (χ2v) is 4.40. The van der Waals surface area contributed by atoms with Crippen LogP contribution in [0.1, 0.15) is 34.8 Å². The molecule has 1 heterocycles. The number of hydrogen-bond acceptors (Lipinski definition) is 7. The molecule has 122 valence electrons. The summed E-state index contributed by atoms with van der Waals surface area (Å²) in [6.45, 7) is 3.64. The van der Waals surface area contributed by atoms with Crippen molar-refractivity contribution in [3.63, 3.8) is 0 Å². The van der Waals surface area contributed by atoms with E-state index in [1.807, 2.05) is 0 Å². The van der Waals surface area contributed by atoms with Crippen LogP contribution in [-0.2, 0) is 9.47 Å². The fourth-order valence-corrected chi connectivity index (χ4v) is 1.96. The Bertz CT molecular complexity index is 689. The molecule has 1 aromatic heterocycles. The average molecular weight is 319 g/mol. The zero-order valence-corrected chi connectivity index (χ0v) is 13.1. The number of nitrogens with zero attached hydrogens (tertiary/aromatic N) is 1. The highest BCUT2D eigenvalue weighted by Gasteiger charge is 2.30. The van der Waals surface area contributed by atoms with Crippen molar-refractivity contribution >= 4 is 11.9 Å². The molecule has 0 saturated carbocycles. The van der Waals surface area contributed by atoms with Crippen molar-refractivity contribution in [3.05, 3.63) is 35.6 Å². The highest BCUT2D eigenvalue weighted by molar-refractivity contribution is 6.05. The van der Waals surface area contributed by atoms with Gasteiger partial charge in [0.1, 0.15) is 17.0 Å². The Labute approximate surface area is 133 Å². The number of ether oxygens (including phenoxy) is 3. The molecule has 0 bridgehead atoms. The van der Waals surface area contributed by atoms with E-state index in [1.54, 1.807) is 45.2 Å². The Morgan fingerprint density at radius 2 is 1.65 bits per heavy atom. The van der Waals surface area contributed by atoms with Gasteiger partial charge in [0.05, 0.1) is 20.3 Å². The molecule has 0 radical (unpaired) electrons. The summed E-state index contributed by atoms with van der Waals surface area (Å²) in [5.41, 5.74) is 0.762. The van der Waals surface area contributed by atoms with Crippen molar-refractivity contribution in [2.75, 3.05) is 20.3 Å². The number of rotatable bonds is 6. The Balaban J connectivity index is 2.49. The van der Waals surface area contributed by atoms with Crippen LogP contribution in [-0.4, -0.2) is 37.4 Å². The number of methoxy groups -OCH3 is 1. The zero-order chi connectivity index (χ0) is 16.8. The molecule has 0 spiro atoms. The minimum absolute atomic E-state index is 0.0459. The van der Waals surface area contributed by atoms with E-state index in [2.05, 4.69) is 5.16 Å². The van der Waals surface area contributed by atoms with Gasteiger partial charge in [-0.2, -0.15) is 0 Å². The first-order valence-electron chi connectivity index (χ1n) is 7.10. The Morgan fingerprint density at radius 1 is 1.04 bits per heavy atom. The first-order chi connectivity index (χ1) is 11.1. The smallest absolute Gasteiger partial charge is 0.378 e. The van der Waals surface area contributed by atoms with Gasteiger partial charge in [0.15, 0.2) is 0 Å². The van der Waals surface area contributed by atoms with E-state index in [0.29, 0.717) is 11.3 Å². The number of carbonyl (C=O) groups excluding carboxylic acids is 2. The zero-order valence-electron chi connectivity index (χ0n) is 13.1. The van der Waals surface area contributed by atoms with Crippen molar-refractivity contribution in [2.24, 2.45) is 0 Å². The minimum atomic E-state index is -0.761. The van der Waals surface area contributed by atoms with Gasteiger partial charge in [-0.15, -0.1) is 0 Å². The van der Waals surface area contributed by atoms with Crippen molar-refractivity contribution in [2.45, 2.75) is 13.8 Å². The summed E-state index contributed by atoms with van der Waals surface area (Å²) in [6, 6.07) is 6.83. The minimum Gasteiger partial charge on any atom is -0.497 e. The van der Waals surface area contributed by atoms with Crippen LogP contribution in [0, 0.1) is 0 Å². The quantitative estimate of drug-likeness (QED) is 0.756.